The first-order chi connectivity index (χ1) is 9.99. The summed E-state index contributed by atoms with van der Waals surface area (Å²) in [5, 5.41) is 8.74. The Morgan fingerprint density at radius 2 is 1.95 bits per heavy atom. The van der Waals surface area contributed by atoms with Gasteiger partial charge in [-0.3, -0.25) is 4.79 Å². The molecule has 0 aromatic heterocycles. The molecular weight excluding hydrogens is 304 g/mol. The highest BCUT2D eigenvalue weighted by atomic mass is 35.5. The third kappa shape index (κ3) is 4.89. The van der Waals surface area contributed by atoms with Gasteiger partial charge in [-0.1, -0.05) is 12.1 Å². The number of nitrogens with one attached hydrogen (secondary N) is 3. The van der Waals surface area contributed by atoms with E-state index in [2.05, 4.69) is 16.0 Å². The number of hydrogen-bond acceptors (Lipinski definition) is 3. The van der Waals surface area contributed by atoms with Crippen molar-refractivity contribution >= 4 is 30.0 Å². The average molecular weight is 327 g/mol. The van der Waals surface area contributed by atoms with Crippen LogP contribution in [-0.2, 0) is 11.3 Å². The molecule has 1 aromatic carbocycles. The van der Waals surface area contributed by atoms with E-state index in [0.717, 1.165) is 37.1 Å². The van der Waals surface area contributed by atoms with Gasteiger partial charge in [-0.05, 0) is 50.4 Å². The Kier molecular flexibility index (Phi) is 6.64. The van der Waals surface area contributed by atoms with Crippen molar-refractivity contribution in [3.05, 3.63) is 29.8 Å². The van der Waals surface area contributed by atoms with E-state index in [9.17, 15) is 9.59 Å². The number of carbonyl (C=O) groups is 2. The summed E-state index contributed by atoms with van der Waals surface area (Å²) in [6.07, 6.45) is 3.03. The molecule has 122 valence electrons. The van der Waals surface area contributed by atoms with Crippen molar-refractivity contribution in [2.45, 2.75) is 38.3 Å². The molecule has 1 fully saturated rings. The van der Waals surface area contributed by atoms with E-state index in [4.69, 9.17) is 5.73 Å². The summed E-state index contributed by atoms with van der Waals surface area (Å²) in [6.45, 7) is 3.19. The van der Waals surface area contributed by atoms with Crippen molar-refractivity contribution in [2.24, 2.45) is 5.73 Å². The second-order valence-corrected chi connectivity index (χ2v) is 5.58. The summed E-state index contributed by atoms with van der Waals surface area (Å²) in [4.78, 5) is 23.0. The van der Waals surface area contributed by atoms with Crippen LogP contribution in [0.15, 0.2) is 24.3 Å². The molecule has 0 aliphatic carbocycles. The number of piperidine rings is 1. The van der Waals surface area contributed by atoms with Crippen LogP contribution in [0, 0.1) is 0 Å². The maximum absolute atomic E-state index is 12.3. The SMILES string of the molecule is CC1(C(=O)Nc2ccc(CNC(N)=O)cc2)CCCCN1.Cl. The molecule has 3 amide bonds. The number of rotatable bonds is 4. The van der Waals surface area contributed by atoms with E-state index >= 15 is 0 Å². The van der Waals surface area contributed by atoms with Crippen LogP contribution >= 0.6 is 12.4 Å². The van der Waals surface area contributed by atoms with Gasteiger partial charge < -0.3 is 21.7 Å². The fourth-order valence-electron chi connectivity index (χ4n) is 2.41. The highest BCUT2D eigenvalue weighted by Gasteiger charge is 2.34. The largest absolute Gasteiger partial charge is 0.352 e. The standard InChI is InChI=1S/C15H22N4O2.ClH/c1-15(8-2-3-9-18-15)13(20)19-12-6-4-11(5-7-12)10-17-14(16)21;/h4-7,18H,2-3,8-10H2,1H3,(H,19,20)(H3,16,17,21);1H. The summed E-state index contributed by atoms with van der Waals surface area (Å²) in [7, 11) is 0. The second kappa shape index (κ2) is 8.00. The number of primary amides is 1. The molecule has 2 rings (SSSR count). The molecule has 0 spiro atoms. The summed E-state index contributed by atoms with van der Waals surface area (Å²) >= 11 is 0. The topological polar surface area (TPSA) is 96.2 Å². The molecule has 1 aromatic rings. The molecule has 1 heterocycles. The van der Waals surface area contributed by atoms with Crippen LogP contribution in [0.3, 0.4) is 0 Å². The van der Waals surface area contributed by atoms with Crippen LogP contribution < -0.4 is 21.7 Å². The second-order valence-electron chi connectivity index (χ2n) is 5.58. The normalized spacial score (nSPS) is 20.6. The summed E-state index contributed by atoms with van der Waals surface area (Å²) < 4.78 is 0. The quantitative estimate of drug-likeness (QED) is 0.678. The number of halogens is 1. The Morgan fingerprint density at radius 3 is 2.50 bits per heavy atom. The molecule has 1 aliphatic rings. The molecule has 7 heteroatoms. The number of anilines is 1. The first-order valence-electron chi connectivity index (χ1n) is 7.18. The number of urea groups is 1. The van der Waals surface area contributed by atoms with Crippen LogP contribution in [0.1, 0.15) is 31.7 Å². The molecule has 0 saturated carbocycles. The summed E-state index contributed by atoms with van der Waals surface area (Å²) in [5.41, 5.74) is 6.20. The number of hydrogen-bond donors (Lipinski definition) is 4. The molecule has 1 atom stereocenters. The van der Waals surface area contributed by atoms with Crippen molar-refractivity contribution in [3.63, 3.8) is 0 Å². The number of nitrogens with two attached hydrogens (primary N) is 1. The Hall–Kier alpha value is -1.79. The monoisotopic (exact) mass is 326 g/mol. The summed E-state index contributed by atoms with van der Waals surface area (Å²) in [6, 6.07) is 6.79. The van der Waals surface area contributed by atoms with Crippen LogP contribution in [0.5, 0.6) is 0 Å². The molecule has 22 heavy (non-hydrogen) atoms. The minimum Gasteiger partial charge on any atom is -0.352 e. The van der Waals surface area contributed by atoms with Gasteiger partial charge in [-0.2, -0.15) is 0 Å². The van der Waals surface area contributed by atoms with E-state index in [1.165, 1.54) is 0 Å². The van der Waals surface area contributed by atoms with Crippen LogP contribution in [-0.4, -0.2) is 24.0 Å². The van der Waals surface area contributed by atoms with Gasteiger partial charge in [0.25, 0.3) is 0 Å². The Bertz CT molecular complexity index is 513. The minimum atomic E-state index is -0.552. The average Bonchev–Trinajstić information content (AvgIpc) is 2.47. The fraction of sp³-hybridized carbons (Fsp3) is 0.467. The maximum Gasteiger partial charge on any atom is 0.312 e. The van der Waals surface area contributed by atoms with Crippen molar-refractivity contribution in [2.75, 3.05) is 11.9 Å². The smallest absolute Gasteiger partial charge is 0.312 e. The molecule has 1 aliphatic heterocycles. The zero-order valence-electron chi connectivity index (χ0n) is 12.6. The minimum absolute atomic E-state index is 0. The Balaban J connectivity index is 0.00000242. The van der Waals surface area contributed by atoms with Crippen LogP contribution in [0.2, 0.25) is 0 Å². The van der Waals surface area contributed by atoms with Gasteiger partial charge in [0.2, 0.25) is 5.91 Å². The van der Waals surface area contributed by atoms with Gasteiger partial charge >= 0.3 is 6.03 Å². The molecule has 1 unspecified atom stereocenters. The first kappa shape index (κ1) is 18.3. The van der Waals surface area contributed by atoms with E-state index < -0.39 is 11.6 Å². The van der Waals surface area contributed by atoms with Crippen molar-refractivity contribution < 1.29 is 9.59 Å². The number of benzene rings is 1. The van der Waals surface area contributed by atoms with Crippen LogP contribution in [0.25, 0.3) is 0 Å². The highest BCUT2D eigenvalue weighted by Crippen LogP contribution is 2.21. The maximum atomic E-state index is 12.3. The number of carbonyl (C=O) groups excluding carboxylic acids is 2. The van der Waals surface area contributed by atoms with E-state index in [1.54, 1.807) is 0 Å². The molecule has 5 N–H and O–H groups in total. The summed E-state index contributed by atoms with van der Waals surface area (Å²) in [5.74, 6) is -0.00906. The van der Waals surface area contributed by atoms with Gasteiger partial charge in [-0.25, -0.2) is 4.79 Å². The fourth-order valence-corrected chi connectivity index (χ4v) is 2.41. The van der Waals surface area contributed by atoms with E-state index in [1.807, 2.05) is 31.2 Å². The lowest BCUT2D eigenvalue weighted by atomic mass is 9.90. The lowest BCUT2D eigenvalue weighted by molar-refractivity contribution is -0.122. The van der Waals surface area contributed by atoms with Gasteiger partial charge in [-0.15, -0.1) is 12.4 Å². The zero-order chi connectivity index (χ0) is 15.3. The first-order valence-corrected chi connectivity index (χ1v) is 7.18. The van der Waals surface area contributed by atoms with Gasteiger partial charge in [0.05, 0.1) is 5.54 Å². The molecule has 6 nitrogen and oxygen atoms in total. The van der Waals surface area contributed by atoms with Crippen molar-refractivity contribution in [1.29, 1.82) is 0 Å². The van der Waals surface area contributed by atoms with Crippen molar-refractivity contribution in [3.8, 4) is 0 Å². The Labute approximate surface area is 136 Å². The highest BCUT2D eigenvalue weighted by molar-refractivity contribution is 5.97. The molecule has 0 bridgehead atoms. The zero-order valence-corrected chi connectivity index (χ0v) is 13.5. The van der Waals surface area contributed by atoms with Gasteiger partial charge in [0.15, 0.2) is 0 Å². The van der Waals surface area contributed by atoms with Crippen molar-refractivity contribution in [1.82, 2.24) is 10.6 Å². The van der Waals surface area contributed by atoms with Gasteiger partial charge in [0, 0.05) is 12.2 Å². The molecule has 1 saturated heterocycles. The van der Waals surface area contributed by atoms with Gasteiger partial charge in [0.1, 0.15) is 0 Å². The van der Waals surface area contributed by atoms with E-state index in [0.29, 0.717) is 6.54 Å². The third-order valence-corrected chi connectivity index (χ3v) is 3.80. The molecular formula is C15H23ClN4O2. The predicted molar refractivity (Wildman–Crippen MR) is 89.0 cm³/mol. The third-order valence-electron chi connectivity index (χ3n) is 3.80. The number of amides is 3. The molecule has 0 radical (unpaired) electrons. The predicted octanol–water partition coefficient (Wildman–Crippen LogP) is 1.75. The van der Waals surface area contributed by atoms with E-state index in [-0.39, 0.29) is 18.3 Å². The van der Waals surface area contributed by atoms with Crippen LogP contribution in [0.4, 0.5) is 10.5 Å². The lowest BCUT2D eigenvalue weighted by Gasteiger charge is -2.33. The lowest BCUT2D eigenvalue weighted by Crippen LogP contribution is -2.54. The Morgan fingerprint density at radius 1 is 1.27 bits per heavy atom.